The van der Waals surface area contributed by atoms with E-state index < -0.39 is 5.97 Å². The van der Waals surface area contributed by atoms with E-state index in [1.807, 2.05) is 17.9 Å². The number of aryl methyl sites for hydroxylation is 1. The van der Waals surface area contributed by atoms with E-state index in [0.717, 1.165) is 36.1 Å². The number of carboxylic acids is 1. The van der Waals surface area contributed by atoms with Gasteiger partial charge in [-0.25, -0.2) is 9.78 Å². The predicted octanol–water partition coefficient (Wildman–Crippen LogP) is 1.16. The lowest BCUT2D eigenvalue weighted by molar-refractivity contribution is -0.131. The van der Waals surface area contributed by atoms with E-state index >= 15 is 0 Å². The molecule has 0 bridgehead atoms. The van der Waals surface area contributed by atoms with Crippen LogP contribution in [-0.4, -0.2) is 53.0 Å². The molecule has 6 nitrogen and oxygen atoms in total. The highest BCUT2D eigenvalue weighted by Crippen LogP contribution is 2.20. The molecule has 2 heterocycles. The van der Waals surface area contributed by atoms with Crippen molar-refractivity contribution in [3.8, 4) is 0 Å². The fourth-order valence-corrected chi connectivity index (χ4v) is 2.41. The number of nitrogens with zero attached hydrogens (tertiary/aromatic N) is 3. The molecule has 1 aliphatic heterocycles. The van der Waals surface area contributed by atoms with Crippen molar-refractivity contribution in [2.24, 2.45) is 0 Å². The summed E-state index contributed by atoms with van der Waals surface area (Å²) in [4.78, 5) is 30.2. The maximum Gasteiger partial charge on any atom is 0.328 e. The topological polar surface area (TPSA) is 73.7 Å². The van der Waals surface area contributed by atoms with E-state index in [9.17, 15) is 9.59 Å². The van der Waals surface area contributed by atoms with Crippen molar-refractivity contribution in [2.75, 3.05) is 31.1 Å². The highest BCUT2D eigenvalue weighted by molar-refractivity contribution is 5.85. The zero-order chi connectivity index (χ0) is 15.4. The summed E-state index contributed by atoms with van der Waals surface area (Å²) in [6.45, 7) is 6.48. The lowest BCUT2D eigenvalue weighted by Crippen LogP contribution is -2.48. The van der Waals surface area contributed by atoms with Crippen molar-refractivity contribution < 1.29 is 14.7 Å². The fraction of sp³-hybridized carbons (Fsp3) is 0.400. The van der Waals surface area contributed by atoms with Crippen LogP contribution >= 0.6 is 0 Å². The molecule has 1 aliphatic rings. The highest BCUT2D eigenvalue weighted by atomic mass is 16.4. The summed E-state index contributed by atoms with van der Waals surface area (Å²) >= 11 is 0. The van der Waals surface area contributed by atoms with Crippen LogP contribution in [0.25, 0.3) is 6.08 Å². The van der Waals surface area contributed by atoms with Crippen molar-refractivity contribution in [1.82, 2.24) is 9.88 Å². The standard InChI is InChI=1S/C15H19N3O3/c1-11-9-13(3-4-14(20)21)10-16-15(11)18-7-5-17(6-8-18)12(2)19/h3-4,9-10H,5-8H2,1-2H3,(H,20,21)/b4-3+. The third-order valence-corrected chi connectivity index (χ3v) is 3.51. The third-order valence-electron chi connectivity index (χ3n) is 3.51. The second-order valence-electron chi connectivity index (χ2n) is 5.07. The monoisotopic (exact) mass is 289 g/mol. The molecule has 112 valence electrons. The van der Waals surface area contributed by atoms with Crippen LogP contribution in [0.2, 0.25) is 0 Å². The van der Waals surface area contributed by atoms with Gasteiger partial charge in [-0.1, -0.05) is 0 Å². The molecular weight excluding hydrogens is 270 g/mol. The maximum atomic E-state index is 11.3. The van der Waals surface area contributed by atoms with Crippen LogP contribution in [0, 0.1) is 6.92 Å². The van der Waals surface area contributed by atoms with Crippen LogP contribution in [0.3, 0.4) is 0 Å². The van der Waals surface area contributed by atoms with Gasteiger partial charge in [-0.05, 0) is 30.2 Å². The number of hydrogen-bond donors (Lipinski definition) is 1. The summed E-state index contributed by atoms with van der Waals surface area (Å²) in [6.07, 6.45) is 4.29. The lowest BCUT2D eigenvalue weighted by atomic mass is 10.1. The quantitative estimate of drug-likeness (QED) is 0.845. The number of carbonyl (C=O) groups excluding carboxylic acids is 1. The maximum absolute atomic E-state index is 11.3. The first-order chi connectivity index (χ1) is 9.97. The number of rotatable bonds is 3. The van der Waals surface area contributed by atoms with Gasteiger partial charge in [-0.2, -0.15) is 0 Å². The average Bonchev–Trinajstić information content (AvgIpc) is 2.45. The van der Waals surface area contributed by atoms with Crippen LogP contribution < -0.4 is 4.90 Å². The minimum atomic E-state index is -0.975. The Hall–Kier alpha value is -2.37. The molecule has 0 radical (unpaired) electrons. The Morgan fingerprint density at radius 2 is 1.95 bits per heavy atom. The lowest BCUT2D eigenvalue weighted by Gasteiger charge is -2.35. The van der Waals surface area contributed by atoms with Crippen molar-refractivity contribution >= 4 is 23.8 Å². The Bertz CT molecular complexity index is 576. The molecule has 1 aromatic rings. The Morgan fingerprint density at radius 1 is 1.29 bits per heavy atom. The summed E-state index contributed by atoms with van der Waals surface area (Å²) in [5, 5.41) is 8.62. The average molecular weight is 289 g/mol. The first-order valence-corrected chi connectivity index (χ1v) is 6.85. The first kappa shape index (κ1) is 15.0. The SMILES string of the molecule is CC(=O)N1CCN(c2ncc(/C=C/C(=O)O)cc2C)CC1. The molecular formula is C15H19N3O3. The molecule has 0 atom stereocenters. The van der Waals surface area contributed by atoms with Crippen LogP contribution in [0.5, 0.6) is 0 Å². The molecule has 0 aromatic carbocycles. The summed E-state index contributed by atoms with van der Waals surface area (Å²) < 4.78 is 0. The van der Waals surface area contributed by atoms with Gasteiger partial charge in [0.1, 0.15) is 5.82 Å². The summed E-state index contributed by atoms with van der Waals surface area (Å²) in [5.74, 6) is 0.0243. The number of aliphatic carboxylic acids is 1. The van der Waals surface area contributed by atoms with Crippen molar-refractivity contribution in [3.05, 3.63) is 29.5 Å². The van der Waals surface area contributed by atoms with Crippen molar-refractivity contribution in [2.45, 2.75) is 13.8 Å². The molecule has 0 aliphatic carbocycles. The molecule has 2 rings (SSSR count). The number of carboxylic acid groups (broad SMARTS) is 1. The van der Waals surface area contributed by atoms with Gasteiger partial charge in [-0.15, -0.1) is 0 Å². The molecule has 1 amide bonds. The van der Waals surface area contributed by atoms with E-state index in [4.69, 9.17) is 5.11 Å². The van der Waals surface area contributed by atoms with E-state index in [2.05, 4.69) is 9.88 Å². The molecule has 0 saturated carbocycles. The minimum Gasteiger partial charge on any atom is -0.478 e. The number of carbonyl (C=O) groups is 2. The highest BCUT2D eigenvalue weighted by Gasteiger charge is 2.20. The number of anilines is 1. The van der Waals surface area contributed by atoms with Crippen molar-refractivity contribution in [3.63, 3.8) is 0 Å². The molecule has 1 saturated heterocycles. The van der Waals surface area contributed by atoms with Gasteiger partial charge in [-0.3, -0.25) is 4.79 Å². The number of pyridine rings is 1. The van der Waals surface area contributed by atoms with Gasteiger partial charge in [0.2, 0.25) is 5.91 Å². The van der Waals surface area contributed by atoms with Gasteiger partial charge in [0.05, 0.1) is 0 Å². The minimum absolute atomic E-state index is 0.105. The molecule has 1 N–H and O–H groups in total. The van der Waals surface area contributed by atoms with E-state index in [1.54, 1.807) is 13.1 Å². The first-order valence-electron chi connectivity index (χ1n) is 6.85. The molecule has 1 aromatic heterocycles. The molecule has 21 heavy (non-hydrogen) atoms. The van der Waals surface area contributed by atoms with Crippen LogP contribution in [0.1, 0.15) is 18.1 Å². The van der Waals surface area contributed by atoms with Gasteiger partial charge in [0.25, 0.3) is 0 Å². The van der Waals surface area contributed by atoms with Crippen LogP contribution in [0.15, 0.2) is 18.3 Å². The smallest absolute Gasteiger partial charge is 0.328 e. The number of hydrogen-bond acceptors (Lipinski definition) is 4. The second kappa shape index (κ2) is 6.39. The number of piperazine rings is 1. The van der Waals surface area contributed by atoms with E-state index in [-0.39, 0.29) is 5.91 Å². The zero-order valence-electron chi connectivity index (χ0n) is 12.2. The Kier molecular flexibility index (Phi) is 4.57. The van der Waals surface area contributed by atoms with Gasteiger partial charge in [0.15, 0.2) is 0 Å². The second-order valence-corrected chi connectivity index (χ2v) is 5.07. The van der Waals surface area contributed by atoms with Crippen molar-refractivity contribution in [1.29, 1.82) is 0 Å². The fourth-order valence-electron chi connectivity index (χ4n) is 2.41. The molecule has 6 heteroatoms. The predicted molar refractivity (Wildman–Crippen MR) is 80.1 cm³/mol. The number of aromatic nitrogens is 1. The van der Waals surface area contributed by atoms with E-state index in [1.165, 1.54) is 6.08 Å². The Balaban J connectivity index is 2.08. The van der Waals surface area contributed by atoms with Gasteiger partial charge >= 0.3 is 5.97 Å². The zero-order valence-corrected chi connectivity index (χ0v) is 12.2. The summed E-state index contributed by atoms with van der Waals surface area (Å²) in [5.41, 5.74) is 1.76. The summed E-state index contributed by atoms with van der Waals surface area (Å²) in [6, 6.07) is 1.92. The largest absolute Gasteiger partial charge is 0.478 e. The Labute approximate surface area is 123 Å². The van der Waals surface area contributed by atoms with Crippen LogP contribution in [0.4, 0.5) is 5.82 Å². The number of amides is 1. The van der Waals surface area contributed by atoms with Gasteiger partial charge < -0.3 is 14.9 Å². The molecule has 1 fully saturated rings. The van der Waals surface area contributed by atoms with E-state index in [0.29, 0.717) is 13.1 Å². The third kappa shape index (κ3) is 3.81. The summed E-state index contributed by atoms with van der Waals surface area (Å²) in [7, 11) is 0. The normalized spacial score (nSPS) is 15.5. The molecule has 0 unspecified atom stereocenters. The van der Waals surface area contributed by atoms with Crippen LogP contribution in [-0.2, 0) is 9.59 Å². The molecule has 0 spiro atoms. The Morgan fingerprint density at radius 3 is 2.48 bits per heavy atom. The van der Waals surface area contributed by atoms with Gasteiger partial charge in [0, 0.05) is 45.4 Å².